The lowest BCUT2D eigenvalue weighted by atomic mass is 9.89. The summed E-state index contributed by atoms with van der Waals surface area (Å²) < 4.78 is 2.38. The maximum Gasteiger partial charge on any atom is 0.223 e. The lowest BCUT2D eigenvalue weighted by Crippen LogP contribution is -2.46. The molecule has 5 rings (SSSR count). The molecule has 6 nitrogen and oxygen atoms in total. The molecule has 234 valence electrons. The van der Waals surface area contributed by atoms with E-state index in [-0.39, 0.29) is 30.1 Å². The maximum atomic E-state index is 13.7. The van der Waals surface area contributed by atoms with Crippen molar-refractivity contribution in [2.24, 2.45) is 11.8 Å². The number of benzene rings is 2. The summed E-state index contributed by atoms with van der Waals surface area (Å²) in [6.07, 6.45) is 5.62. The van der Waals surface area contributed by atoms with Gasteiger partial charge in [0.05, 0.1) is 11.0 Å². The first kappa shape index (κ1) is 32.1. The van der Waals surface area contributed by atoms with E-state index in [1.807, 2.05) is 18.2 Å². The van der Waals surface area contributed by atoms with Crippen molar-refractivity contribution in [1.82, 2.24) is 19.8 Å². The number of rotatable bonds is 14. The summed E-state index contributed by atoms with van der Waals surface area (Å²) in [7, 11) is 0. The van der Waals surface area contributed by atoms with Crippen LogP contribution in [0.15, 0.2) is 66.0 Å². The number of carbonyl (C=O) groups is 2. The molecule has 3 heterocycles. The number of Topliss-reactive ketones (excluding diaryl/α,β-unsaturated/α-hetero) is 1. The van der Waals surface area contributed by atoms with Crippen LogP contribution in [0.2, 0.25) is 0 Å². The molecular formula is C37H48N4O2S. The van der Waals surface area contributed by atoms with E-state index in [1.165, 1.54) is 10.4 Å². The SMILES string of the molecule is CCC(CC)n1c(Cc2cccs2)nc2cc(C(=O)C[C@@H](CC(C)C)C(=O)NC3CCN(Cc4ccccc4)CC3)ccc21. The van der Waals surface area contributed by atoms with Crippen LogP contribution in [0.5, 0.6) is 0 Å². The summed E-state index contributed by atoms with van der Waals surface area (Å²) in [6, 6.07) is 21.3. The Morgan fingerprint density at radius 1 is 1.00 bits per heavy atom. The number of hydrogen-bond donors (Lipinski definition) is 1. The normalized spacial score (nSPS) is 15.3. The van der Waals surface area contributed by atoms with Gasteiger partial charge in [-0.05, 0) is 73.2 Å². The Bertz CT molecular complexity index is 1500. The van der Waals surface area contributed by atoms with Gasteiger partial charge in [0, 0.05) is 60.9 Å². The molecule has 1 aliphatic heterocycles. The second-order valence-corrected chi connectivity index (χ2v) is 13.9. The third-order valence-electron chi connectivity index (χ3n) is 9.05. The molecule has 1 saturated heterocycles. The molecule has 1 amide bonds. The van der Waals surface area contributed by atoms with Crippen molar-refractivity contribution >= 4 is 34.1 Å². The first-order valence-electron chi connectivity index (χ1n) is 16.5. The van der Waals surface area contributed by atoms with Crippen molar-refractivity contribution in [2.75, 3.05) is 13.1 Å². The third kappa shape index (κ3) is 8.05. The molecule has 0 spiro atoms. The molecule has 0 aliphatic carbocycles. The zero-order chi connectivity index (χ0) is 31.1. The maximum absolute atomic E-state index is 13.7. The van der Waals surface area contributed by atoms with Gasteiger partial charge >= 0.3 is 0 Å². The second kappa shape index (κ2) is 15.1. The van der Waals surface area contributed by atoms with Gasteiger partial charge < -0.3 is 9.88 Å². The molecule has 0 saturated carbocycles. The van der Waals surface area contributed by atoms with Gasteiger partial charge in [-0.25, -0.2) is 4.98 Å². The molecule has 4 aromatic rings. The van der Waals surface area contributed by atoms with E-state index >= 15 is 0 Å². The summed E-state index contributed by atoms with van der Waals surface area (Å²) in [6.45, 7) is 11.6. The fourth-order valence-electron chi connectivity index (χ4n) is 6.67. The summed E-state index contributed by atoms with van der Waals surface area (Å²) in [5.74, 6) is 1.07. The first-order valence-corrected chi connectivity index (χ1v) is 17.4. The molecule has 1 atom stereocenters. The van der Waals surface area contributed by atoms with Crippen molar-refractivity contribution in [3.8, 4) is 0 Å². The Balaban J connectivity index is 1.26. The molecule has 1 fully saturated rings. The smallest absolute Gasteiger partial charge is 0.223 e. The lowest BCUT2D eigenvalue weighted by molar-refractivity contribution is -0.126. The number of imidazole rings is 1. The minimum Gasteiger partial charge on any atom is -0.353 e. The Morgan fingerprint density at radius 3 is 2.41 bits per heavy atom. The largest absolute Gasteiger partial charge is 0.353 e. The summed E-state index contributed by atoms with van der Waals surface area (Å²) in [5, 5.41) is 5.43. The number of nitrogens with zero attached hydrogens (tertiary/aromatic N) is 3. The van der Waals surface area contributed by atoms with Gasteiger partial charge in [0.25, 0.3) is 0 Å². The van der Waals surface area contributed by atoms with Crippen LogP contribution in [0.4, 0.5) is 0 Å². The molecular weight excluding hydrogens is 565 g/mol. The first-order chi connectivity index (χ1) is 21.3. The van der Waals surface area contributed by atoms with Crippen molar-refractivity contribution in [1.29, 1.82) is 0 Å². The van der Waals surface area contributed by atoms with E-state index < -0.39 is 0 Å². The van der Waals surface area contributed by atoms with Crippen LogP contribution in [0.1, 0.15) is 98.9 Å². The van der Waals surface area contributed by atoms with Gasteiger partial charge in [0.15, 0.2) is 5.78 Å². The summed E-state index contributed by atoms with van der Waals surface area (Å²) in [4.78, 5) is 36.0. The highest BCUT2D eigenvalue weighted by molar-refractivity contribution is 7.09. The van der Waals surface area contributed by atoms with Gasteiger partial charge in [-0.1, -0.05) is 64.1 Å². The molecule has 2 aromatic heterocycles. The van der Waals surface area contributed by atoms with E-state index in [1.54, 1.807) is 11.3 Å². The Hall–Kier alpha value is -3.29. The monoisotopic (exact) mass is 612 g/mol. The van der Waals surface area contributed by atoms with Crippen LogP contribution in [0.3, 0.4) is 0 Å². The molecule has 0 bridgehead atoms. The molecule has 0 unspecified atom stereocenters. The predicted octanol–water partition coefficient (Wildman–Crippen LogP) is 8.07. The van der Waals surface area contributed by atoms with Crippen LogP contribution < -0.4 is 5.32 Å². The van der Waals surface area contributed by atoms with E-state index in [0.29, 0.717) is 23.9 Å². The average Bonchev–Trinajstić information content (AvgIpc) is 3.66. The number of hydrogen-bond acceptors (Lipinski definition) is 5. The van der Waals surface area contributed by atoms with Gasteiger partial charge in [-0.2, -0.15) is 0 Å². The molecule has 1 aliphatic rings. The number of thiophene rings is 1. The number of nitrogens with one attached hydrogen (secondary N) is 1. The number of ketones is 1. The van der Waals surface area contributed by atoms with E-state index in [4.69, 9.17) is 4.98 Å². The Kier molecular flexibility index (Phi) is 11.0. The number of aromatic nitrogens is 2. The highest BCUT2D eigenvalue weighted by Gasteiger charge is 2.28. The minimum absolute atomic E-state index is 0.0160. The van der Waals surface area contributed by atoms with Crippen LogP contribution in [0, 0.1) is 11.8 Å². The lowest BCUT2D eigenvalue weighted by Gasteiger charge is -2.33. The third-order valence-corrected chi connectivity index (χ3v) is 9.92. The van der Waals surface area contributed by atoms with Gasteiger partial charge in [-0.3, -0.25) is 14.5 Å². The van der Waals surface area contributed by atoms with Crippen molar-refractivity contribution < 1.29 is 9.59 Å². The van der Waals surface area contributed by atoms with Crippen LogP contribution in [-0.2, 0) is 17.8 Å². The number of amides is 1. The number of carbonyl (C=O) groups excluding carboxylic acids is 2. The molecule has 7 heteroatoms. The van der Waals surface area contributed by atoms with Gasteiger partial charge in [0.1, 0.15) is 5.82 Å². The van der Waals surface area contributed by atoms with Crippen molar-refractivity contribution in [3.63, 3.8) is 0 Å². The predicted molar refractivity (Wildman–Crippen MR) is 181 cm³/mol. The number of piperidine rings is 1. The molecule has 0 radical (unpaired) electrons. The van der Waals surface area contributed by atoms with Crippen molar-refractivity contribution in [3.05, 3.63) is 87.9 Å². The second-order valence-electron chi connectivity index (χ2n) is 12.8. The summed E-state index contributed by atoms with van der Waals surface area (Å²) >= 11 is 1.75. The van der Waals surface area contributed by atoms with Crippen LogP contribution in [-0.4, -0.2) is 45.3 Å². The molecule has 44 heavy (non-hydrogen) atoms. The van der Waals surface area contributed by atoms with E-state index in [2.05, 4.69) is 90.3 Å². The number of fused-ring (bicyclic) bond motifs is 1. The van der Waals surface area contributed by atoms with Gasteiger partial charge in [-0.15, -0.1) is 11.3 Å². The van der Waals surface area contributed by atoms with E-state index in [0.717, 1.165) is 68.6 Å². The minimum atomic E-state index is -0.336. The molecule has 2 aromatic carbocycles. The fourth-order valence-corrected chi connectivity index (χ4v) is 7.37. The fraction of sp³-hybridized carbons (Fsp3) is 0.486. The van der Waals surface area contributed by atoms with Crippen LogP contribution in [0.25, 0.3) is 11.0 Å². The summed E-state index contributed by atoms with van der Waals surface area (Å²) in [5.41, 5.74) is 3.91. The van der Waals surface area contributed by atoms with Crippen LogP contribution >= 0.6 is 11.3 Å². The van der Waals surface area contributed by atoms with E-state index in [9.17, 15) is 9.59 Å². The standard InChI is InChI=1S/C37H48N4O2S/c1-5-31(6-2)41-34-15-14-28(22-33(34)39-36(41)24-32-13-10-20-44-32)35(42)23-29(21-26(3)4)37(43)38-30-16-18-40(19-17-30)25-27-11-8-7-9-12-27/h7-15,20,22,26,29-31H,5-6,16-19,21,23-25H2,1-4H3,(H,38,43)/t29-/m1/s1. The zero-order valence-electron chi connectivity index (χ0n) is 26.8. The van der Waals surface area contributed by atoms with Crippen molar-refractivity contribution in [2.45, 2.75) is 91.3 Å². The average molecular weight is 613 g/mol. The molecule has 1 N–H and O–H groups in total. The quantitative estimate of drug-likeness (QED) is 0.146. The Morgan fingerprint density at radius 2 is 1.75 bits per heavy atom. The highest BCUT2D eigenvalue weighted by atomic mass is 32.1. The van der Waals surface area contributed by atoms with Gasteiger partial charge in [0.2, 0.25) is 5.91 Å². The number of likely N-dealkylation sites (tertiary alicyclic amines) is 1. The highest BCUT2D eigenvalue weighted by Crippen LogP contribution is 2.29. The Labute approximate surface area is 266 Å². The zero-order valence-corrected chi connectivity index (χ0v) is 27.6. The topological polar surface area (TPSA) is 67.2 Å².